The van der Waals surface area contributed by atoms with Crippen LogP contribution in [0.1, 0.15) is 76.0 Å². The summed E-state index contributed by atoms with van der Waals surface area (Å²) in [5, 5.41) is 15.5. The van der Waals surface area contributed by atoms with Crippen molar-refractivity contribution in [3.05, 3.63) is 130 Å². The minimum atomic E-state index is -0.127. The standard InChI is InChI=1S/C35H32N2O4/c1-22-12-14-27(15-13-22)36-29-18-25(23-8-4-2-5-9-23)19-31(39)34(29)30(38)17-16-28-35-32(40)20-26(21-33(35)41-37-28)24-10-6-3-7-11-24/h2-15,25-26,38H,16-21H2,1H3. The Morgan fingerprint density at radius 1 is 0.829 bits per heavy atom. The Balaban J connectivity index is 1.26. The summed E-state index contributed by atoms with van der Waals surface area (Å²) in [4.78, 5) is 31.5. The van der Waals surface area contributed by atoms with Crippen molar-refractivity contribution >= 4 is 23.0 Å². The Kier molecular flexibility index (Phi) is 7.47. The van der Waals surface area contributed by atoms with Crippen LogP contribution in [-0.2, 0) is 17.6 Å². The summed E-state index contributed by atoms with van der Waals surface area (Å²) >= 11 is 0. The van der Waals surface area contributed by atoms with Gasteiger partial charge >= 0.3 is 0 Å². The number of aryl methyl sites for hydroxylation is 2. The first-order chi connectivity index (χ1) is 20.0. The zero-order valence-corrected chi connectivity index (χ0v) is 23.0. The van der Waals surface area contributed by atoms with Crippen LogP contribution in [0.5, 0.6) is 0 Å². The van der Waals surface area contributed by atoms with Crippen molar-refractivity contribution in [3.8, 4) is 0 Å². The predicted molar refractivity (Wildman–Crippen MR) is 158 cm³/mol. The van der Waals surface area contributed by atoms with Crippen LogP contribution in [0.3, 0.4) is 0 Å². The van der Waals surface area contributed by atoms with Gasteiger partial charge in [-0.3, -0.25) is 14.6 Å². The van der Waals surface area contributed by atoms with E-state index in [1.807, 2.05) is 91.9 Å². The Hall–Kier alpha value is -4.58. The van der Waals surface area contributed by atoms with E-state index in [0.29, 0.717) is 54.8 Å². The molecule has 0 amide bonds. The van der Waals surface area contributed by atoms with Crippen molar-refractivity contribution in [2.75, 3.05) is 0 Å². The molecule has 1 N–H and O–H groups in total. The number of ketones is 2. The van der Waals surface area contributed by atoms with Crippen molar-refractivity contribution in [2.24, 2.45) is 4.99 Å². The summed E-state index contributed by atoms with van der Waals surface area (Å²) in [5.41, 5.74) is 5.98. The molecule has 6 nitrogen and oxygen atoms in total. The molecular weight excluding hydrogens is 512 g/mol. The van der Waals surface area contributed by atoms with Crippen LogP contribution < -0.4 is 0 Å². The van der Waals surface area contributed by atoms with Gasteiger partial charge in [0.25, 0.3) is 0 Å². The SMILES string of the molecule is Cc1ccc(N=C2CC(c3ccccc3)CC(=O)C2=C(O)CCc2noc3c2C(=O)CC(c2ccccc2)C3)cc1. The van der Waals surface area contributed by atoms with Crippen molar-refractivity contribution in [3.63, 3.8) is 0 Å². The number of carbonyl (C=O) groups is 2. The van der Waals surface area contributed by atoms with Gasteiger partial charge in [-0.25, -0.2) is 0 Å². The molecule has 0 spiro atoms. The van der Waals surface area contributed by atoms with Crippen molar-refractivity contribution in [1.82, 2.24) is 5.16 Å². The van der Waals surface area contributed by atoms with Gasteiger partial charge in [-0.15, -0.1) is 0 Å². The molecule has 1 fully saturated rings. The van der Waals surface area contributed by atoms with Gasteiger partial charge in [0.05, 0.1) is 28.2 Å². The van der Waals surface area contributed by atoms with Crippen LogP contribution in [0.15, 0.2) is 106 Å². The summed E-state index contributed by atoms with van der Waals surface area (Å²) in [6, 6.07) is 27.7. The third kappa shape index (κ3) is 5.68. The van der Waals surface area contributed by atoms with E-state index >= 15 is 0 Å². The molecule has 0 aliphatic heterocycles. The molecule has 3 aromatic carbocycles. The summed E-state index contributed by atoms with van der Waals surface area (Å²) in [6.45, 7) is 2.01. The van der Waals surface area contributed by atoms with Crippen LogP contribution in [0.25, 0.3) is 0 Å². The van der Waals surface area contributed by atoms with Gasteiger partial charge in [0, 0.05) is 32.1 Å². The third-order valence-corrected chi connectivity index (χ3v) is 8.14. The first-order valence-electron chi connectivity index (χ1n) is 14.2. The maximum Gasteiger partial charge on any atom is 0.168 e. The summed E-state index contributed by atoms with van der Waals surface area (Å²) in [6.07, 6.45) is 2.31. The molecule has 1 aromatic heterocycles. The lowest BCUT2D eigenvalue weighted by molar-refractivity contribution is -0.116. The molecule has 2 atom stereocenters. The van der Waals surface area contributed by atoms with Crippen LogP contribution >= 0.6 is 0 Å². The number of fused-ring (bicyclic) bond motifs is 1. The molecule has 6 rings (SSSR count). The normalized spacial score (nSPS) is 21.1. The number of carbonyl (C=O) groups excluding carboxylic acids is 2. The third-order valence-electron chi connectivity index (χ3n) is 8.14. The summed E-state index contributed by atoms with van der Waals surface area (Å²) in [5.74, 6) is 0.502. The molecule has 2 unspecified atom stereocenters. The molecule has 0 saturated heterocycles. The topological polar surface area (TPSA) is 92.8 Å². The number of rotatable bonds is 6. The average Bonchev–Trinajstić information content (AvgIpc) is 3.41. The molecule has 1 heterocycles. The maximum atomic E-state index is 13.5. The Labute approximate surface area is 239 Å². The number of aromatic nitrogens is 1. The average molecular weight is 545 g/mol. The van der Waals surface area contributed by atoms with Crippen molar-refractivity contribution in [1.29, 1.82) is 0 Å². The molecule has 4 aromatic rings. The van der Waals surface area contributed by atoms with E-state index in [4.69, 9.17) is 9.52 Å². The van der Waals surface area contributed by atoms with E-state index in [2.05, 4.69) is 5.16 Å². The van der Waals surface area contributed by atoms with Crippen LogP contribution in [0.4, 0.5) is 5.69 Å². The zero-order chi connectivity index (χ0) is 28.3. The summed E-state index contributed by atoms with van der Waals surface area (Å²) in [7, 11) is 0. The largest absolute Gasteiger partial charge is 0.511 e. The number of aliphatic hydroxyl groups excluding tert-OH is 1. The molecule has 1 saturated carbocycles. The highest BCUT2D eigenvalue weighted by atomic mass is 16.5. The quantitative estimate of drug-likeness (QED) is 0.200. The molecule has 206 valence electrons. The fourth-order valence-corrected chi connectivity index (χ4v) is 5.99. The number of aliphatic hydroxyl groups is 1. The molecule has 0 radical (unpaired) electrons. The van der Waals surface area contributed by atoms with E-state index in [1.165, 1.54) is 0 Å². The number of benzene rings is 3. The van der Waals surface area contributed by atoms with Gasteiger partial charge in [-0.1, -0.05) is 83.5 Å². The number of hydrogen-bond donors (Lipinski definition) is 1. The fourth-order valence-electron chi connectivity index (χ4n) is 5.99. The molecule has 2 aliphatic rings. The lowest BCUT2D eigenvalue weighted by atomic mass is 9.78. The molecule has 41 heavy (non-hydrogen) atoms. The van der Waals surface area contributed by atoms with E-state index < -0.39 is 0 Å². The first kappa shape index (κ1) is 26.6. The molecule has 0 bridgehead atoms. The van der Waals surface area contributed by atoms with Crippen LogP contribution in [0, 0.1) is 6.92 Å². The Morgan fingerprint density at radius 3 is 2.10 bits per heavy atom. The molecule has 2 aliphatic carbocycles. The number of Topliss-reactive ketones (excluding diaryl/α,β-unsaturated/α-hetero) is 2. The highest BCUT2D eigenvalue weighted by Crippen LogP contribution is 2.37. The lowest BCUT2D eigenvalue weighted by Gasteiger charge is -2.26. The lowest BCUT2D eigenvalue weighted by Crippen LogP contribution is -2.26. The number of aliphatic imine (C=N–C) groups is 1. The second-order valence-corrected chi connectivity index (χ2v) is 11.0. The number of hydrogen-bond acceptors (Lipinski definition) is 6. The van der Waals surface area contributed by atoms with Crippen molar-refractivity contribution < 1.29 is 19.2 Å². The highest BCUT2D eigenvalue weighted by molar-refractivity contribution is 6.25. The number of allylic oxidation sites excluding steroid dienone is 2. The van der Waals surface area contributed by atoms with Gasteiger partial charge in [0.1, 0.15) is 11.5 Å². The van der Waals surface area contributed by atoms with E-state index in [9.17, 15) is 14.7 Å². The number of nitrogens with zero attached hydrogens (tertiary/aromatic N) is 2. The predicted octanol–water partition coefficient (Wildman–Crippen LogP) is 7.56. The Bertz CT molecular complexity index is 1630. The maximum absolute atomic E-state index is 13.5. The van der Waals surface area contributed by atoms with Gasteiger partial charge < -0.3 is 9.63 Å². The second kappa shape index (κ2) is 11.5. The van der Waals surface area contributed by atoms with Gasteiger partial charge in [-0.2, -0.15) is 0 Å². The molecular formula is C35H32N2O4. The van der Waals surface area contributed by atoms with Gasteiger partial charge in [-0.05, 0) is 48.4 Å². The Morgan fingerprint density at radius 2 is 1.44 bits per heavy atom. The highest BCUT2D eigenvalue weighted by Gasteiger charge is 2.34. The van der Waals surface area contributed by atoms with E-state index in [-0.39, 0.29) is 41.2 Å². The van der Waals surface area contributed by atoms with E-state index in [0.717, 1.165) is 22.4 Å². The van der Waals surface area contributed by atoms with E-state index in [1.54, 1.807) is 0 Å². The van der Waals surface area contributed by atoms with Gasteiger partial charge in [0.2, 0.25) is 0 Å². The second-order valence-electron chi connectivity index (χ2n) is 11.0. The summed E-state index contributed by atoms with van der Waals surface area (Å²) < 4.78 is 5.62. The first-order valence-corrected chi connectivity index (χ1v) is 14.2. The van der Waals surface area contributed by atoms with Crippen LogP contribution in [-0.4, -0.2) is 27.5 Å². The minimum absolute atomic E-state index is 0.00423. The zero-order valence-electron chi connectivity index (χ0n) is 23.0. The monoisotopic (exact) mass is 544 g/mol. The smallest absolute Gasteiger partial charge is 0.168 e. The van der Waals surface area contributed by atoms with Crippen LogP contribution in [0.2, 0.25) is 0 Å². The van der Waals surface area contributed by atoms with Crippen molar-refractivity contribution in [2.45, 2.75) is 57.3 Å². The van der Waals surface area contributed by atoms with Gasteiger partial charge in [0.15, 0.2) is 11.6 Å². The fraction of sp³-hybridized carbons (Fsp3) is 0.257. The molecule has 6 heteroatoms. The minimum Gasteiger partial charge on any atom is -0.511 e.